The Kier molecular flexibility index (Phi) is 4.73. The first-order valence-corrected chi connectivity index (χ1v) is 9.19. The molecule has 0 radical (unpaired) electrons. The van der Waals surface area contributed by atoms with E-state index in [9.17, 15) is 9.59 Å². The third-order valence-corrected chi connectivity index (χ3v) is 5.25. The summed E-state index contributed by atoms with van der Waals surface area (Å²) in [5.41, 5.74) is 3.19. The maximum absolute atomic E-state index is 13.2. The molecule has 3 heterocycles. The summed E-state index contributed by atoms with van der Waals surface area (Å²) in [7, 11) is 3.30. The van der Waals surface area contributed by atoms with E-state index in [0.29, 0.717) is 25.1 Å². The molecule has 2 aliphatic heterocycles. The number of amides is 3. The van der Waals surface area contributed by atoms with E-state index in [-0.39, 0.29) is 11.9 Å². The van der Waals surface area contributed by atoms with Crippen LogP contribution in [0.5, 0.6) is 5.75 Å². The number of rotatable bonds is 5. The highest BCUT2D eigenvalue weighted by Crippen LogP contribution is 2.36. The minimum absolute atomic E-state index is 0.0430. The zero-order chi connectivity index (χ0) is 19.7. The van der Waals surface area contributed by atoms with E-state index in [1.54, 1.807) is 25.3 Å². The lowest BCUT2D eigenvalue weighted by atomic mass is 9.95. The van der Waals surface area contributed by atoms with Gasteiger partial charge in [0.05, 0.1) is 31.0 Å². The van der Waals surface area contributed by atoms with Crippen LogP contribution in [0.2, 0.25) is 0 Å². The number of carbonyl (C=O) groups excluding carboxylic acids is 2. The number of benzene rings is 1. The molecule has 0 aliphatic carbocycles. The van der Waals surface area contributed by atoms with Crippen molar-refractivity contribution in [2.75, 3.05) is 27.2 Å². The van der Waals surface area contributed by atoms with Crippen LogP contribution in [0.1, 0.15) is 17.3 Å². The normalized spacial score (nSPS) is 19.0. The zero-order valence-corrected chi connectivity index (χ0v) is 15.9. The first-order valence-electron chi connectivity index (χ1n) is 9.19. The number of urea groups is 1. The van der Waals surface area contributed by atoms with Crippen LogP contribution in [-0.4, -0.2) is 54.0 Å². The van der Waals surface area contributed by atoms with Crippen molar-refractivity contribution in [3.05, 3.63) is 71.2 Å². The second kappa shape index (κ2) is 7.34. The lowest BCUT2D eigenvalue weighted by Gasteiger charge is -2.31. The summed E-state index contributed by atoms with van der Waals surface area (Å²) < 4.78 is 5.20. The quantitative estimate of drug-likeness (QED) is 0.865. The number of aromatic nitrogens is 1. The van der Waals surface area contributed by atoms with Crippen LogP contribution in [0, 0.1) is 0 Å². The highest BCUT2D eigenvalue weighted by molar-refractivity contribution is 6.01. The highest BCUT2D eigenvalue weighted by atomic mass is 16.5. The minimum Gasteiger partial charge on any atom is -0.497 e. The van der Waals surface area contributed by atoms with Gasteiger partial charge in [-0.2, -0.15) is 0 Å². The molecular weight excluding hydrogens is 356 g/mol. The smallest absolute Gasteiger partial charge is 0.322 e. The van der Waals surface area contributed by atoms with E-state index in [1.807, 2.05) is 42.5 Å². The van der Waals surface area contributed by atoms with Crippen LogP contribution in [0.15, 0.2) is 59.9 Å². The van der Waals surface area contributed by atoms with Gasteiger partial charge in [-0.25, -0.2) is 4.79 Å². The van der Waals surface area contributed by atoms with Gasteiger partial charge in [-0.05, 0) is 29.8 Å². The fourth-order valence-electron chi connectivity index (χ4n) is 3.65. The number of carbonyl (C=O) groups is 2. The van der Waals surface area contributed by atoms with Crippen LogP contribution in [-0.2, 0) is 11.2 Å². The minimum atomic E-state index is -0.461. The fraction of sp³-hybridized carbons (Fsp3) is 0.286. The van der Waals surface area contributed by atoms with Crippen molar-refractivity contribution in [3.8, 4) is 5.75 Å². The molecule has 2 aromatic rings. The summed E-state index contributed by atoms with van der Waals surface area (Å²) in [6.45, 7) is 0.984. The van der Waals surface area contributed by atoms with Gasteiger partial charge < -0.3 is 15.0 Å². The Labute approximate surface area is 163 Å². The van der Waals surface area contributed by atoms with E-state index < -0.39 is 6.04 Å². The Morgan fingerprint density at radius 1 is 1.18 bits per heavy atom. The number of nitrogens with one attached hydrogen (secondary N) is 1. The van der Waals surface area contributed by atoms with Gasteiger partial charge in [-0.1, -0.05) is 18.2 Å². The molecule has 1 aromatic carbocycles. The SMILES string of the molecule is COc1ccc(C2NC(=O)N(C)C3=C2C(=O)N(CCc2ccccn2)C3)cc1. The predicted octanol–water partition coefficient (Wildman–Crippen LogP) is 2.13. The summed E-state index contributed by atoms with van der Waals surface area (Å²) in [5, 5.41) is 2.94. The largest absolute Gasteiger partial charge is 0.497 e. The topological polar surface area (TPSA) is 74.8 Å². The first-order chi connectivity index (χ1) is 13.6. The van der Waals surface area contributed by atoms with Crippen molar-refractivity contribution >= 4 is 11.9 Å². The molecule has 2 aliphatic rings. The van der Waals surface area contributed by atoms with Crippen molar-refractivity contribution in [1.82, 2.24) is 20.1 Å². The molecule has 1 aromatic heterocycles. The summed E-state index contributed by atoms with van der Waals surface area (Å²) >= 11 is 0. The molecule has 0 saturated carbocycles. The van der Waals surface area contributed by atoms with Crippen LogP contribution in [0.4, 0.5) is 4.79 Å². The number of nitrogens with zero attached hydrogens (tertiary/aromatic N) is 3. The molecule has 28 heavy (non-hydrogen) atoms. The molecule has 3 amide bonds. The number of pyridine rings is 1. The number of hydrogen-bond donors (Lipinski definition) is 1. The molecule has 0 fully saturated rings. The molecule has 7 heteroatoms. The molecular formula is C21H22N4O3. The molecule has 0 spiro atoms. The van der Waals surface area contributed by atoms with Gasteiger partial charge in [0.15, 0.2) is 0 Å². The molecule has 7 nitrogen and oxygen atoms in total. The van der Waals surface area contributed by atoms with Gasteiger partial charge in [0.1, 0.15) is 5.75 Å². The van der Waals surface area contributed by atoms with Crippen molar-refractivity contribution < 1.29 is 14.3 Å². The Morgan fingerprint density at radius 3 is 2.64 bits per heavy atom. The van der Waals surface area contributed by atoms with E-state index in [1.165, 1.54) is 4.90 Å². The molecule has 1 N–H and O–H groups in total. The monoisotopic (exact) mass is 378 g/mol. The third kappa shape index (κ3) is 3.19. The van der Waals surface area contributed by atoms with E-state index >= 15 is 0 Å². The lowest BCUT2D eigenvalue weighted by molar-refractivity contribution is -0.125. The van der Waals surface area contributed by atoms with Gasteiger partial charge in [0, 0.05) is 31.9 Å². The molecule has 144 valence electrons. The summed E-state index contributed by atoms with van der Waals surface area (Å²) in [5.74, 6) is 0.686. The molecule has 4 rings (SSSR count). The van der Waals surface area contributed by atoms with Gasteiger partial charge in [0.2, 0.25) is 0 Å². The molecule has 1 atom stereocenters. The second-order valence-electron chi connectivity index (χ2n) is 6.87. The maximum Gasteiger partial charge on any atom is 0.322 e. The van der Waals surface area contributed by atoms with E-state index in [0.717, 1.165) is 22.7 Å². The average Bonchev–Trinajstić information content (AvgIpc) is 3.07. The summed E-state index contributed by atoms with van der Waals surface area (Å²) in [4.78, 5) is 33.3. The predicted molar refractivity (Wildman–Crippen MR) is 104 cm³/mol. The molecule has 0 saturated heterocycles. The van der Waals surface area contributed by atoms with E-state index in [4.69, 9.17) is 4.74 Å². The average molecular weight is 378 g/mol. The van der Waals surface area contributed by atoms with Gasteiger partial charge >= 0.3 is 6.03 Å². The zero-order valence-electron chi connectivity index (χ0n) is 15.9. The van der Waals surface area contributed by atoms with Crippen molar-refractivity contribution in [3.63, 3.8) is 0 Å². The number of hydrogen-bond acceptors (Lipinski definition) is 4. The lowest BCUT2D eigenvalue weighted by Crippen LogP contribution is -2.45. The van der Waals surface area contributed by atoms with Gasteiger partial charge in [-0.15, -0.1) is 0 Å². The van der Waals surface area contributed by atoms with E-state index in [2.05, 4.69) is 10.3 Å². The highest BCUT2D eigenvalue weighted by Gasteiger charge is 2.42. The van der Waals surface area contributed by atoms with Crippen LogP contribution in [0.25, 0.3) is 0 Å². The Bertz CT molecular complexity index is 924. The second-order valence-corrected chi connectivity index (χ2v) is 6.87. The Hall–Kier alpha value is -3.35. The van der Waals surface area contributed by atoms with Crippen molar-refractivity contribution in [2.45, 2.75) is 12.5 Å². The number of ether oxygens (including phenoxy) is 1. The van der Waals surface area contributed by atoms with Crippen LogP contribution in [0.3, 0.4) is 0 Å². The van der Waals surface area contributed by atoms with Gasteiger partial charge in [0.25, 0.3) is 5.91 Å². The number of likely N-dealkylation sites (N-methyl/N-ethyl adjacent to an activating group) is 1. The molecule has 1 unspecified atom stereocenters. The van der Waals surface area contributed by atoms with Crippen LogP contribution >= 0.6 is 0 Å². The van der Waals surface area contributed by atoms with Crippen molar-refractivity contribution in [2.24, 2.45) is 0 Å². The van der Waals surface area contributed by atoms with Crippen LogP contribution < -0.4 is 10.1 Å². The first kappa shape index (κ1) is 18.0. The Balaban J connectivity index is 1.58. The molecule has 0 bridgehead atoms. The van der Waals surface area contributed by atoms with Gasteiger partial charge in [-0.3, -0.25) is 14.7 Å². The standard InChI is InChI=1S/C21H22N4O3/c1-24-17-13-25(12-10-15-5-3-4-11-22-15)20(26)18(17)19(23-21(24)27)14-6-8-16(28-2)9-7-14/h3-9,11,19H,10,12-13H2,1-2H3,(H,23,27). The number of methoxy groups -OCH3 is 1. The summed E-state index contributed by atoms with van der Waals surface area (Å²) in [6.07, 6.45) is 2.42. The van der Waals surface area contributed by atoms with Crippen molar-refractivity contribution in [1.29, 1.82) is 0 Å². The maximum atomic E-state index is 13.2. The fourth-order valence-corrected chi connectivity index (χ4v) is 3.65. The Morgan fingerprint density at radius 2 is 1.96 bits per heavy atom. The third-order valence-electron chi connectivity index (χ3n) is 5.25. The summed E-state index contributed by atoms with van der Waals surface area (Å²) in [6, 6.07) is 12.5.